The molecule has 11 nitrogen and oxygen atoms in total. The zero-order valence-corrected chi connectivity index (χ0v) is 20.0. The number of hydrogen-bond acceptors (Lipinski definition) is 6. The van der Waals surface area contributed by atoms with Gasteiger partial charge in [-0.1, -0.05) is 26.0 Å². The number of amides is 2. The quantitative estimate of drug-likeness (QED) is 0.366. The number of carbonyl (C=O) groups is 2. The van der Waals surface area contributed by atoms with Crippen LogP contribution in [0.25, 0.3) is 0 Å². The maximum atomic E-state index is 13.0. The summed E-state index contributed by atoms with van der Waals surface area (Å²) in [5.41, 5.74) is 2.40. The van der Waals surface area contributed by atoms with Crippen LogP contribution in [0.1, 0.15) is 58.6 Å². The van der Waals surface area contributed by atoms with Crippen LogP contribution in [0.2, 0.25) is 0 Å². The average molecular weight is 468 g/mol. The van der Waals surface area contributed by atoms with Gasteiger partial charge in [0.25, 0.3) is 11.8 Å². The molecular weight excluding hydrogens is 438 g/mol. The molecule has 0 bridgehead atoms. The molecule has 3 aromatic rings. The Bertz CT molecular complexity index is 1230. The fraction of sp³-hybridized carbons (Fsp3) is 0.391. The van der Waals surface area contributed by atoms with Crippen molar-refractivity contribution in [3.63, 3.8) is 0 Å². The Morgan fingerprint density at radius 3 is 2.53 bits per heavy atom. The second-order valence-corrected chi connectivity index (χ2v) is 8.44. The highest BCUT2D eigenvalue weighted by Gasteiger charge is 2.22. The fourth-order valence-electron chi connectivity index (χ4n) is 3.51. The maximum absolute atomic E-state index is 13.0. The number of aromatic nitrogens is 4. The molecule has 3 rings (SSSR count). The van der Waals surface area contributed by atoms with E-state index in [0.29, 0.717) is 35.7 Å². The number of aryl methyl sites for hydroxylation is 2. The van der Waals surface area contributed by atoms with Crippen LogP contribution >= 0.6 is 0 Å². The van der Waals surface area contributed by atoms with E-state index in [1.165, 1.54) is 0 Å². The topological polar surface area (TPSA) is 137 Å². The van der Waals surface area contributed by atoms with E-state index in [2.05, 4.69) is 20.8 Å². The van der Waals surface area contributed by atoms with Gasteiger partial charge >= 0.3 is 5.69 Å². The molecule has 0 aliphatic rings. The van der Waals surface area contributed by atoms with Gasteiger partial charge in [0, 0.05) is 24.8 Å². The summed E-state index contributed by atoms with van der Waals surface area (Å²) in [6.45, 7) is 10.4. The summed E-state index contributed by atoms with van der Waals surface area (Å²) in [6, 6.07) is 6.90. The lowest BCUT2D eigenvalue weighted by Gasteiger charge is -2.09. The number of nitrogens with zero attached hydrogens (tertiary/aromatic N) is 5. The minimum atomic E-state index is -0.441. The Hall–Kier alpha value is -4.02. The first-order chi connectivity index (χ1) is 16.1. The lowest BCUT2D eigenvalue weighted by Crippen LogP contribution is -2.28. The standard InChI is InChI=1S/C23H29N7O4/c1-6-28-13-19(20(27-28)23(32)24-11-14(2)3)25-22(31)18-9-7-8-17(10-18)12-29-16(5)21(30(33)34)15(4)26-29/h7-10,13-14H,6,11-12H2,1-5H3,(H,24,32)(H,25,31). The number of anilines is 1. The number of hydrogen-bond donors (Lipinski definition) is 2. The van der Waals surface area contributed by atoms with Gasteiger partial charge < -0.3 is 10.6 Å². The molecule has 0 fully saturated rings. The summed E-state index contributed by atoms with van der Waals surface area (Å²) >= 11 is 0. The molecule has 0 unspecified atom stereocenters. The second-order valence-electron chi connectivity index (χ2n) is 8.44. The van der Waals surface area contributed by atoms with Gasteiger partial charge in [0.15, 0.2) is 5.69 Å². The third-order valence-corrected chi connectivity index (χ3v) is 5.27. The second kappa shape index (κ2) is 10.3. The third-order valence-electron chi connectivity index (χ3n) is 5.27. The molecule has 0 radical (unpaired) electrons. The monoisotopic (exact) mass is 467 g/mol. The van der Waals surface area contributed by atoms with Crippen molar-refractivity contribution in [1.29, 1.82) is 0 Å². The van der Waals surface area contributed by atoms with Gasteiger partial charge in [-0.3, -0.25) is 29.1 Å². The first-order valence-corrected chi connectivity index (χ1v) is 11.0. The summed E-state index contributed by atoms with van der Waals surface area (Å²) in [5.74, 6) is -0.465. The van der Waals surface area contributed by atoms with E-state index in [1.54, 1.807) is 47.6 Å². The summed E-state index contributed by atoms with van der Waals surface area (Å²) in [7, 11) is 0. The van der Waals surface area contributed by atoms with Gasteiger partial charge in [-0.2, -0.15) is 10.2 Å². The highest BCUT2D eigenvalue weighted by Crippen LogP contribution is 2.23. The zero-order valence-electron chi connectivity index (χ0n) is 20.0. The first kappa shape index (κ1) is 24.6. The van der Waals surface area contributed by atoms with E-state index < -0.39 is 10.8 Å². The highest BCUT2D eigenvalue weighted by atomic mass is 16.6. The Morgan fingerprint density at radius 1 is 1.18 bits per heavy atom. The van der Waals surface area contributed by atoms with Crippen molar-refractivity contribution in [2.45, 2.75) is 47.7 Å². The Balaban J connectivity index is 1.80. The highest BCUT2D eigenvalue weighted by molar-refractivity contribution is 6.08. The van der Waals surface area contributed by atoms with Crippen molar-refractivity contribution in [1.82, 2.24) is 24.9 Å². The Morgan fingerprint density at radius 2 is 1.91 bits per heavy atom. The molecule has 0 saturated heterocycles. The molecule has 2 heterocycles. The predicted molar refractivity (Wildman–Crippen MR) is 127 cm³/mol. The van der Waals surface area contributed by atoms with Gasteiger partial charge in [0.2, 0.25) is 0 Å². The smallest absolute Gasteiger partial charge is 0.312 e. The van der Waals surface area contributed by atoms with Gasteiger partial charge in [0.1, 0.15) is 11.4 Å². The number of nitrogens with one attached hydrogen (secondary N) is 2. The maximum Gasteiger partial charge on any atom is 0.312 e. The molecule has 1 aromatic carbocycles. The van der Waals surface area contributed by atoms with E-state index in [9.17, 15) is 19.7 Å². The molecule has 0 spiro atoms. The van der Waals surface area contributed by atoms with Crippen molar-refractivity contribution >= 4 is 23.2 Å². The van der Waals surface area contributed by atoms with E-state index in [1.807, 2.05) is 26.8 Å². The molecule has 34 heavy (non-hydrogen) atoms. The molecule has 0 aliphatic heterocycles. The van der Waals surface area contributed by atoms with Crippen LogP contribution in [0.5, 0.6) is 0 Å². The van der Waals surface area contributed by atoms with Crippen LogP contribution in [0.15, 0.2) is 30.5 Å². The minimum absolute atomic E-state index is 0.00916. The Kier molecular flexibility index (Phi) is 7.44. The van der Waals surface area contributed by atoms with Crippen LogP contribution in [-0.4, -0.2) is 42.8 Å². The van der Waals surface area contributed by atoms with Gasteiger partial charge in [-0.15, -0.1) is 0 Å². The SMILES string of the molecule is CCn1cc(NC(=O)c2cccc(Cn3nc(C)c([N+](=O)[O-])c3C)c2)c(C(=O)NCC(C)C)n1. The Labute approximate surface area is 197 Å². The number of carbonyl (C=O) groups excluding carboxylic acids is 2. The van der Waals surface area contributed by atoms with Crippen LogP contribution in [0.3, 0.4) is 0 Å². The van der Waals surface area contributed by atoms with Crippen LogP contribution in [-0.2, 0) is 13.1 Å². The molecular formula is C23H29N7O4. The summed E-state index contributed by atoms with van der Waals surface area (Å²) in [6.07, 6.45) is 1.63. The molecule has 0 aliphatic carbocycles. The van der Waals surface area contributed by atoms with Gasteiger partial charge in [-0.05, 0) is 44.4 Å². The largest absolute Gasteiger partial charge is 0.350 e. The molecule has 180 valence electrons. The predicted octanol–water partition coefficient (Wildman–Crippen LogP) is 3.31. The summed E-state index contributed by atoms with van der Waals surface area (Å²) < 4.78 is 3.14. The number of benzene rings is 1. The van der Waals surface area contributed by atoms with Crippen LogP contribution in [0, 0.1) is 29.9 Å². The van der Waals surface area contributed by atoms with Crippen molar-refractivity contribution in [2.24, 2.45) is 5.92 Å². The fourth-order valence-corrected chi connectivity index (χ4v) is 3.51. The van der Waals surface area contributed by atoms with Crippen LogP contribution < -0.4 is 10.6 Å². The molecule has 11 heteroatoms. The third kappa shape index (κ3) is 5.48. The molecule has 2 aromatic heterocycles. The molecule has 0 saturated carbocycles. The van der Waals surface area contributed by atoms with E-state index in [0.717, 1.165) is 5.56 Å². The number of nitro groups is 1. The first-order valence-electron chi connectivity index (χ1n) is 11.0. The van der Waals surface area contributed by atoms with Crippen molar-refractivity contribution in [3.05, 3.63) is 68.8 Å². The normalized spacial score (nSPS) is 11.0. The van der Waals surface area contributed by atoms with Gasteiger partial charge in [-0.25, -0.2) is 0 Å². The lowest BCUT2D eigenvalue weighted by molar-refractivity contribution is -0.386. The van der Waals surface area contributed by atoms with Gasteiger partial charge in [0.05, 0.1) is 17.2 Å². The lowest BCUT2D eigenvalue weighted by atomic mass is 10.1. The number of rotatable bonds is 9. The van der Waals surface area contributed by atoms with Crippen molar-refractivity contribution in [3.8, 4) is 0 Å². The van der Waals surface area contributed by atoms with E-state index in [4.69, 9.17) is 0 Å². The van der Waals surface area contributed by atoms with Crippen LogP contribution in [0.4, 0.5) is 11.4 Å². The molecule has 2 N–H and O–H groups in total. The van der Waals surface area contributed by atoms with E-state index >= 15 is 0 Å². The minimum Gasteiger partial charge on any atom is -0.350 e. The summed E-state index contributed by atoms with van der Waals surface area (Å²) in [5, 5.41) is 25.4. The molecule has 0 atom stereocenters. The van der Waals surface area contributed by atoms with E-state index in [-0.39, 0.29) is 29.8 Å². The molecule has 2 amide bonds. The zero-order chi connectivity index (χ0) is 25.0. The van der Waals surface area contributed by atoms with Crippen molar-refractivity contribution in [2.75, 3.05) is 11.9 Å². The average Bonchev–Trinajstić information content (AvgIpc) is 3.32. The van der Waals surface area contributed by atoms with Crippen molar-refractivity contribution < 1.29 is 14.5 Å². The summed E-state index contributed by atoms with van der Waals surface area (Å²) in [4.78, 5) is 36.4.